The van der Waals surface area contributed by atoms with Gasteiger partial charge in [0.05, 0.1) is 30.9 Å². The van der Waals surface area contributed by atoms with E-state index in [0.717, 1.165) is 38.4 Å². The maximum absolute atomic E-state index is 13.1. The van der Waals surface area contributed by atoms with E-state index in [1.807, 2.05) is 24.3 Å². The zero-order valence-corrected chi connectivity index (χ0v) is 20.6. The lowest BCUT2D eigenvalue weighted by atomic mass is 10.1. The summed E-state index contributed by atoms with van der Waals surface area (Å²) in [5, 5.41) is 2.88. The molecule has 1 amide bonds. The van der Waals surface area contributed by atoms with Crippen LogP contribution in [0.25, 0.3) is 0 Å². The van der Waals surface area contributed by atoms with Crippen LogP contribution in [0.1, 0.15) is 21.5 Å². The molecule has 0 bridgehead atoms. The summed E-state index contributed by atoms with van der Waals surface area (Å²) in [5.41, 5.74) is 2.82. The summed E-state index contributed by atoms with van der Waals surface area (Å²) in [4.78, 5) is 15.3. The summed E-state index contributed by atoms with van der Waals surface area (Å²) in [6.45, 7) is 5.66. The molecule has 1 aliphatic rings. The molecule has 1 aliphatic heterocycles. The highest BCUT2D eigenvalue weighted by Crippen LogP contribution is 2.27. The summed E-state index contributed by atoms with van der Waals surface area (Å²) in [6.07, 6.45) is 0. The Morgan fingerprint density at radius 3 is 2.57 bits per heavy atom. The van der Waals surface area contributed by atoms with Crippen molar-refractivity contribution in [2.75, 3.05) is 43.5 Å². The van der Waals surface area contributed by atoms with Crippen molar-refractivity contribution in [3.05, 3.63) is 83.4 Å². The van der Waals surface area contributed by atoms with Crippen LogP contribution in [0.5, 0.6) is 5.75 Å². The molecular weight excluding hydrogens is 466 g/mol. The van der Waals surface area contributed by atoms with Gasteiger partial charge < -0.3 is 14.8 Å². The predicted molar refractivity (Wildman–Crippen MR) is 135 cm³/mol. The van der Waals surface area contributed by atoms with Crippen molar-refractivity contribution < 1.29 is 22.7 Å². The van der Waals surface area contributed by atoms with Gasteiger partial charge in [-0.2, -0.15) is 0 Å². The Hall–Kier alpha value is -3.40. The number of hydrogen-bond acceptors (Lipinski definition) is 6. The Kier molecular flexibility index (Phi) is 7.70. The molecule has 0 aromatic heterocycles. The molecule has 0 aliphatic carbocycles. The van der Waals surface area contributed by atoms with Gasteiger partial charge in [0.15, 0.2) is 0 Å². The molecule has 2 N–H and O–H groups in total. The molecule has 35 heavy (non-hydrogen) atoms. The maximum Gasteiger partial charge on any atom is 0.262 e. The van der Waals surface area contributed by atoms with E-state index in [1.165, 1.54) is 13.2 Å². The van der Waals surface area contributed by atoms with Gasteiger partial charge in [-0.05, 0) is 54.4 Å². The van der Waals surface area contributed by atoms with Gasteiger partial charge in [0.2, 0.25) is 0 Å². The number of amides is 1. The number of nitrogens with zero attached hydrogens (tertiary/aromatic N) is 1. The van der Waals surface area contributed by atoms with Crippen molar-refractivity contribution in [2.45, 2.75) is 18.4 Å². The minimum Gasteiger partial charge on any atom is -0.495 e. The van der Waals surface area contributed by atoms with Crippen LogP contribution in [0.2, 0.25) is 0 Å². The zero-order valence-electron chi connectivity index (χ0n) is 19.8. The number of sulfonamides is 1. The second kappa shape index (κ2) is 10.9. The second-order valence-electron chi connectivity index (χ2n) is 8.33. The number of ether oxygens (including phenoxy) is 2. The maximum atomic E-state index is 13.1. The fourth-order valence-corrected chi connectivity index (χ4v) is 5.27. The van der Waals surface area contributed by atoms with Crippen molar-refractivity contribution in [3.63, 3.8) is 0 Å². The standard InChI is InChI=1S/C26H29N3O5S/c1-19-10-11-21(17-25(19)35(31,32)28-23-8-3-4-9-24(23)33-2)26(30)27-22-7-5-6-20(16-22)18-29-12-14-34-15-13-29/h3-11,16-17,28H,12-15,18H2,1-2H3,(H,27,30). The molecular formula is C26H29N3O5S. The number of nitrogens with one attached hydrogen (secondary N) is 2. The highest BCUT2D eigenvalue weighted by atomic mass is 32.2. The number of aryl methyl sites for hydroxylation is 1. The molecule has 1 saturated heterocycles. The third-order valence-electron chi connectivity index (χ3n) is 5.79. The van der Waals surface area contributed by atoms with Gasteiger partial charge >= 0.3 is 0 Å². The highest BCUT2D eigenvalue weighted by Gasteiger charge is 2.21. The number of methoxy groups -OCH3 is 1. The Bertz CT molecular complexity index is 1300. The minimum absolute atomic E-state index is 0.0251. The summed E-state index contributed by atoms with van der Waals surface area (Å²) in [6, 6.07) is 19.0. The normalized spacial score (nSPS) is 14.3. The molecule has 0 saturated carbocycles. The van der Waals surface area contributed by atoms with Crippen LogP contribution in [0.4, 0.5) is 11.4 Å². The number of carbonyl (C=O) groups is 1. The van der Waals surface area contributed by atoms with E-state index in [4.69, 9.17) is 9.47 Å². The average molecular weight is 496 g/mol. The molecule has 3 aromatic rings. The number of para-hydroxylation sites is 2. The predicted octanol–water partition coefficient (Wildman–Crippen LogP) is 3.89. The second-order valence-corrected chi connectivity index (χ2v) is 9.98. The minimum atomic E-state index is -3.95. The first-order valence-electron chi connectivity index (χ1n) is 11.3. The summed E-state index contributed by atoms with van der Waals surface area (Å²) < 4.78 is 39.5. The molecule has 4 rings (SSSR count). The first-order chi connectivity index (χ1) is 16.9. The average Bonchev–Trinajstić information content (AvgIpc) is 2.85. The Labute approximate surface area is 205 Å². The summed E-state index contributed by atoms with van der Waals surface area (Å²) in [5.74, 6) is 0.0156. The molecule has 0 radical (unpaired) electrons. The summed E-state index contributed by atoms with van der Waals surface area (Å²) in [7, 11) is -2.48. The Morgan fingerprint density at radius 2 is 1.80 bits per heavy atom. The van der Waals surface area contributed by atoms with Crippen molar-refractivity contribution >= 4 is 27.3 Å². The van der Waals surface area contributed by atoms with E-state index in [0.29, 0.717) is 22.7 Å². The smallest absolute Gasteiger partial charge is 0.262 e. The molecule has 0 unspecified atom stereocenters. The van der Waals surface area contributed by atoms with E-state index in [-0.39, 0.29) is 16.4 Å². The van der Waals surface area contributed by atoms with E-state index in [1.54, 1.807) is 43.3 Å². The van der Waals surface area contributed by atoms with Crippen LogP contribution < -0.4 is 14.8 Å². The lowest BCUT2D eigenvalue weighted by molar-refractivity contribution is 0.0342. The Balaban J connectivity index is 1.51. The quantitative estimate of drug-likeness (QED) is 0.492. The number of benzene rings is 3. The van der Waals surface area contributed by atoms with Crippen LogP contribution in [-0.4, -0.2) is 52.6 Å². The molecule has 1 fully saturated rings. The lowest BCUT2D eigenvalue weighted by Crippen LogP contribution is -2.35. The van der Waals surface area contributed by atoms with Crippen LogP contribution in [-0.2, 0) is 21.3 Å². The van der Waals surface area contributed by atoms with Gasteiger partial charge in [-0.25, -0.2) is 8.42 Å². The van der Waals surface area contributed by atoms with Crippen LogP contribution in [0, 0.1) is 6.92 Å². The van der Waals surface area contributed by atoms with E-state index < -0.39 is 10.0 Å². The Morgan fingerprint density at radius 1 is 1.03 bits per heavy atom. The van der Waals surface area contributed by atoms with E-state index in [2.05, 4.69) is 14.9 Å². The van der Waals surface area contributed by atoms with E-state index >= 15 is 0 Å². The van der Waals surface area contributed by atoms with Gasteiger partial charge in [0.25, 0.3) is 15.9 Å². The van der Waals surface area contributed by atoms with Gasteiger partial charge in [-0.15, -0.1) is 0 Å². The van der Waals surface area contributed by atoms with Crippen LogP contribution in [0.15, 0.2) is 71.6 Å². The third kappa shape index (κ3) is 6.19. The number of anilines is 2. The fourth-order valence-electron chi connectivity index (χ4n) is 3.93. The van der Waals surface area contributed by atoms with E-state index in [9.17, 15) is 13.2 Å². The van der Waals surface area contributed by atoms with Gasteiger partial charge in [-0.3, -0.25) is 14.4 Å². The monoisotopic (exact) mass is 495 g/mol. The zero-order chi connectivity index (χ0) is 24.8. The topological polar surface area (TPSA) is 97.0 Å². The number of hydrogen-bond donors (Lipinski definition) is 2. The van der Waals surface area contributed by atoms with Gasteiger partial charge in [0, 0.05) is 30.9 Å². The van der Waals surface area contributed by atoms with Gasteiger partial charge in [-0.1, -0.05) is 30.3 Å². The molecule has 8 nitrogen and oxygen atoms in total. The van der Waals surface area contributed by atoms with Crippen molar-refractivity contribution in [1.82, 2.24) is 4.90 Å². The fraction of sp³-hybridized carbons (Fsp3) is 0.269. The lowest BCUT2D eigenvalue weighted by Gasteiger charge is -2.26. The van der Waals surface area contributed by atoms with Gasteiger partial charge in [0.1, 0.15) is 5.75 Å². The molecule has 184 valence electrons. The van der Waals surface area contributed by atoms with Crippen LogP contribution >= 0.6 is 0 Å². The molecule has 0 atom stereocenters. The third-order valence-corrected chi connectivity index (χ3v) is 7.29. The van der Waals surface area contributed by atoms with Crippen LogP contribution in [0.3, 0.4) is 0 Å². The number of morpholine rings is 1. The molecule has 9 heteroatoms. The van der Waals surface area contributed by atoms with Crippen molar-refractivity contribution in [2.24, 2.45) is 0 Å². The molecule has 0 spiro atoms. The SMILES string of the molecule is COc1ccccc1NS(=O)(=O)c1cc(C(=O)Nc2cccc(CN3CCOCC3)c2)ccc1C. The van der Waals surface area contributed by atoms with Crippen molar-refractivity contribution in [1.29, 1.82) is 0 Å². The largest absolute Gasteiger partial charge is 0.495 e. The van der Waals surface area contributed by atoms with Crippen molar-refractivity contribution in [3.8, 4) is 5.75 Å². The number of carbonyl (C=O) groups excluding carboxylic acids is 1. The first-order valence-corrected chi connectivity index (χ1v) is 12.8. The summed E-state index contributed by atoms with van der Waals surface area (Å²) >= 11 is 0. The molecule has 1 heterocycles. The first kappa shape index (κ1) is 24.7. The number of rotatable bonds is 8. The highest BCUT2D eigenvalue weighted by molar-refractivity contribution is 7.92. The molecule has 3 aromatic carbocycles.